The number of hydrogen-bond donors (Lipinski definition) is 4. The van der Waals surface area contributed by atoms with Gasteiger partial charge in [-0.2, -0.15) is 9.29 Å². The number of piperidine rings is 1. The zero-order valence-corrected chi connectivity index (χ0v) is 23.5. The summed E-state index contributed by atoms with van der Waals surface area (Å²) in [7, 11) is -3.64. The van der Waals surface area contributed by atoms with Crippen LogP contribution in [0.25, 0.3) is 0 Å². The third kappa shape index (κ3) is 7.15. The molecule has 12 heteroatoms. The van der Waals surface area contributed by atoms with Crippen molar-refractivity contribution in [3.8, 4) is 0 Å². The quantitative estimate of drug-likeness (QED) is 0.214. The van der Waals surface area contributed by atoms with Gasteiger partial charge in [0.25, 0.3) is 0 Å². The Hall–Kier alpha value is -4.13. The van der Waals surface area contributed by atoms with E-state index in [1.165, 1.54) is 6.07 Å². The van der Waals surface area contributed by atoms with Crippen LogP contribution in [0.4, 0.5) is 33.3 Å². The van der Waals surface area contributed by atoms with Gasteiger partial charge < -0.3 is 21.7 Å². The highest BCUT2D eigenvalue weighted by molar-refractivity contribution is 7.89. The Morgan fingerprint density at radius 2 is 1.83 bits per heavy atom. The number of nitrogens with two attached hydrogens (primary N) is 1. The molecule has 4 aromatic rings. The van der Waals surface area contributed by atoms with E-state index in [1.54, 1.807) is 66.1 Å². The first-order valence-electron chi connectivity index (χ1n) is 13.4. The van der Waals surface area contributed by atoms with Gasteiger partial charge in [-0.1, -0.05) is 6.07 Å². The van der Waals surface area contributed by atoms with Gasteiger partial charge in [0.1, 0.15) is 17.5 Å². The smallest absolute Gasteiger partial charge is 0.243 e. The Morgan fingerprint density at radius 1 is 1.02 bits per heavy atom. The molecule has 1 fully saturated rings. The second kappa shape index (κ2) is 12.6. The molecule has 0 spiro atoms. The second-order valence-electron chi connectivity index (χ2n) is 10.1. The standard InChI is InChI=1S/C29H33FN8O2S/c1-20-16-24(8-11-26(20)30)35-27-12-14-34-29(37-27)36-23-6-9-25(10-7-23)41(39,40)38-15-3-4-21(19-38)17-32-18-22-5-2-13-33-28(22)31/h2,5-14,16,21,32H,3-4,15,17-19H2,1H3,(H2,31,33)(H2,34,35,36,37). The maximum atomic E-state index is 13.6. The number of aromatic nitrogens is 3. The van der Waals surface area contributed by atoms with Crippen LogP contribution in [0.3, 0.4) is 0 Å². The predicted molar refractivity (Wildman–Crippen MR) is 158 cm³/mol. The van der Waals surface area contributed by atoms with Crippen molar-refractivity contribution in [3.63, 3.8) is 0 Å². The lowest BCUT2D eigenvalue weighted by Crippen LogP contribution is -2.42. The number of hydrogen-bond acceptors (Lipinski definition) is 9. The first-order chi connectivity index (χ1) is 19.8. The van der Waals surface area contributed by atoms with E-state index in [0.29, 0.717) is 60.7 Å². The van der Waals surface area contributed by atoms with Gasteiger partial charge >= 0.3 is 0 Å². The molecule has 2 aromatic heterocycles. The molecule has 1 atom stereocenters. The van der Waals surface area contributed by atoms with Crippen LogP contribution in [0.1, 0.15) is 24.0 Å². The molecule has 10 nitrogen and oxygen atoms in total. The van der Waals surface area contributed by atoms with Crippen LogP contribution < -0.4 is 21.7 Å². The van der Waals surface area contributed by atoms with Crippen molar-refractivity contribution in [2.45, 2.75) is 31.2 Å². The van der Waals surface area contributed by atoms with Crippen LogP contribution in [-0.2, 0) is 16.6 Å². The van der Waals surface area contributed by atoms with Crippen molar-refractivity contribution in [3.05, 3.63) is 90.0 Å². The van der Waals surface area contributed by atoms with E-state index in [1.807, 2.05) is 12.1 Å². The monoisotopic (exact) mass is 576 g/mol. The fourth-order valence-electron chi connectivity index (χ4n) is 4.77. The molecular weight excluding hydrogens is 543 g/mol. The molecule has 0 aliphatic carbocycles. The van der Waals surface area contributed by atoms with E-state index in [4.69, 9.17) is 5.73 Å². The van der Waals surface area contributed by atoms with Gasteiger partial charge in [0, 0.05) is 49.0 Å². The van der Waals surface area contributed by atoms with Crippen LogP contribution in [0.2, 0.25) is 0 Å². The first-order valence-corrected chi connectivity index (χ1v) is 14.9. The lowest BCUT2D eigenvalue weighted by molar-refractivity contribution is 0.260. The van der Waals surface area contributed by atoms with Crippen molar-refractivity contribution in [2.75, 3.05) is 36.0 Å². The van der Waals surface area contributed by atoms with Crippen LogP contribution >= 0.6 is 0 Å². The molecule has 1 unspecified atom stereocenters. The number of pyridine rings is 1. The minimum absolute atomic E-state index is 0.203. The Morgan fingerprint density at radius 3 is 2.61 bits per heavy atom. The van der Waals surface area contributed by atoms with Gasteiger partial charge in [-0.05, 0) is 92.4 Å². The molecule has 5 rings (SSSR count). The van der Waals surface area contributed by atoms with Gasteiger partial charge in [0.05, 0.1) is 4.90 Å². The molecule has 3 heterocycles. The summed E-state index contributed by atoms with van der Waals surface area (Å²) in [6, 6.07) is 16.8. The van der Waals surface area contributed by atoms with Gasteiger partial charge in [-0.15, -0.1) is 0 Å². The van der Waals surface area contributed by atoms with Gasteiger partial charge in [0.15, 0.2) is 0 Å². The average Bonchev–Trinajstić information content (AvgIpc) is 2.97. The molecule has 0 bridgehead atoms. The van der Waals surface area contributed by atoms with Crippen LogP contribution in [0, 0.1) is 18.7 Å². The zero-order chi connectivity index (χ0) is 28.8. The predicted octanol–water partition coefficient (Wildman–Crippen LogP) is 4.58. The van der Waals surface area contributed by atoms with Crippen molar-refractivity contribution >= 4 is 39.0 Å². The molecule has 5 N–H and O–H groups in total. The summed E-state index contributed by atoms with van der Waals surface area (Å²) in [6.45, 7) is 3.93. The van der Waals surface area contributed by atoms with Gasteiger partial charge in [0.2, 0.25) is 16.0 Å². The number of sulfonamides is 1. The fraction of sp³-hybridized carbons (Fsp3) is 0.276. The molecule has 1 saturated heterocycles. The molecule has 214 valence electrons. The molecule has 41 heavy (non-hydrogen) atoms. The third-order valence-electron chi connectivity index (χ3n) is 6.99. The van der Waals surface area contributed by atoms with Crippen molar-refractivity contribution in [1.82, 2.24) is 24.6 Å². The number of aryl methyl sites for hydroxylation is 1. The summed E-state index contributed by atoms with van der Waals surface area (Å²) < 4.78 is 42.0. The highest BCUT2D eigenvalue weighted by Crippen LogP contribution is 2.26. The number of nitrogen functional groups attached to an aromatic ring is 1. The van der Waals surface area contributed by atoms with E-state index in [9.17, 15) is 12.8 Å². The molecule has 2 aromatic carbocycles. The molecule has 1 aliphatic heterocycles. The lowest BCUT2D eigenvalue weighted by atomic mass is 9.99. The minimum Gasteiger partial charge on any atom is -0.383 e. The maximum Gasteiger partial charge on any atom is 0.243 e. The topological polar surface area (TPSA) is 138 Å². The Bertz CT molecular complexity index is 1600. The van der Waals surface area contributed by atoms with Gasteiger partial charge in [-0.3, -0.25) is 0 Å². The van der Waals surface area contributed by atoms with Crippen LogP contribution in [0.15, 0.2) is 78.0 Å². The minimum atomic E-state index is -3.64. The van der Waals surface area contributed by atoms with E-state index < -0.39 is 10.0 Å². The Kier molecular flexibility index (Phi) is 8.72. The number of nitrogens with zero attached hydrogens (tertiary/aromatic N) is 4. The van der Waals surface area contributed by atoms with Gasteiger partial charge in [-0.25, -0.2) is 22.8 Å². The molecule has 0 radical (unpaired) electrons. The molecule has 0 amide bonds. The summed E-state index contributed by atoms with van der Waals surface area (Å²) in [5.41, 5.74) is 8.73. The summed E-state index contributed by atoms with van der Waals surface area (Å²) in [5.74, 6) is 1.30. The number of benzene rings is 2. The number of anilines is 5. The number of rotatable bonds is 10. The van der Waals surface area contributed by atoms with Crippen molar-refractivity contribution in [1.29, 1.82) is 0 Å². The van der Waals surface area contributed by atoms with Crippen LogP contribution in [0.5, 0.6) is 0 Å². The second-order valence-corrected chi connectivity index (χ2v) is 12.0. The summed E-state index contributed by atoms with van der Waals surface area (Å²) >= 11 is 0. The Labute approximate surface area is 239 Å². The molecule has 0 saturated carbocycles. The summed E-state index contributed by atoms with van der Waals surface area (Å²) in [5, 5.41) is 9.63. The largest absolute Gasteiger partial charge is 0.383 e. The summed E-state index contributed by atoms with van der Waals surface area (Å²) in [6.07, 6.45) is 5.02. The number of halogens is 1. The van der Waals surface area contributed by atoms with E-state index in [-0.39, 0.29) is 16.6 Å². The Balaban J connectivity index is 1.18. The highest BCUT2D eigenvalue weighted by Gasteiger charge is 2.30. The maximum absolute atomic E-state index is 13.6. The normalized spacial score (nSPS) is 15.9. The van der Waals surface area contributed by atoms with Crippen molar-refractivity contribution < 1.29 is 12.8 Å². The highest BCUT2D eigenvalue weighted by atomic mass is 32.2. The SMILES string of the molecule is Cc1cc(Nc2ccnc(Nc3ccc(S(=O)(=O)N4CCCC(CNCc5cccnc5N)C4)cc3)n2)ccc1F. The average molecular weight is 577 g/mol. The lowest BCUT2D eigenvalue weighted by Gasteiger charge is -2.32. The number of nitrogens with one attached hydrogen (secondary N) is 3. The van der Waals surface area contributed by atoms with E-state index >= 15 is 0 Å². The van der Waals surface area contributed by atoms with Crippen molar-refractivity contribution in [2.24, 2.45) is 5.92 Å². The third-order valence-corrected chi connectivity index (χ3v) is 8.87. The fourth-order valence-corrected chi connectivity index (χ4v) is 6.33. The molecular formula is C29H33FN8O2S. The zero-order valence-electron chi connectivity index (χ0n) is 22.7. The molecule has 1 aliphatic rings. The van der Waals surface area contributed by atoms with Crippen LogP contribution in [-0.4, -0.2) is 47.3 Å². The first kappa shape index (κ1) is 28.4. The van der Waals surface area contributed by atoms with E-state index in [2.05, 4.69) is 30.9 Å². The summed E-state index contributed by atoms with van der Waals surface area (Å²) in [4.78, 5) is 13.0. The van der Waals surface area contributed by atoms with E-state index in [0.717, 1.165) is 18.4 Å².